The van der Waals surface area contributed by atoms with Gasteiger partial charge in [0.2, 0.25) is 0 Å². The third kappa shape index (κ3) is 3.17. The van der Waals surface area contributed by atoms with Crippen molar-refractivity contribution in [2.75, 3.05) is 5.32 Å². The second-order valence-electron chi connectivity index (χ2n) is 3.70. The predicted octanol–water partition coefficient (Wildman–Crippen LogP) is 4.27. The Morgan fingerprint density at radius 2 is 1.89 bits per heavy atom. The largest absolute Gasteiger partial charge is 0.353 e. The highest BCUT2D eigenvalue weighted by molar-refractivity contribution is 6.30. The van der Waals surface area contributed by atoms with Crippen molar-refractivity contribution >= 4 is 28.7 Å². The molecule has 0 aliphatic carbocycles. The van der Waals surface area contributed by atoms with E-state index in [0.29, 0.717) is 0 Å². The first kappa shape index (κ1) is 13.2. The molecule has 2 rings (SSSR count). The van der Waals surface area contributed by atoms with Gasteiger partial charge in [-0.25, -0.2) is 8.78 Å². The second kappa shape index (κ2) is 5.19. The van der Waals surface area contributed by atoms with E-state index in [1.54, 1.807) is 0 Å². The molecule has 2 aromatic carbocycles. The molecule has 7 heteroatoms. The van der Waals surface area contributed by atoms with E-state index < -0.39 is 22.2 Å². The quantitative estimate of drug-likeness (QED) is 0.676. The molecule has 0 heterocycles. The second-order valence-corrected chi connectivity index (χ2v) is 4.14. The third-order valence-electron chi connectivity index (χ3n) is 2.30. The van der Waals surface area contributed by atoms with Crippen LogP contribution in [0.4, 0.5) is 25.8 Å². The number of hydrogen-bond acceptors (Lipinski definition) is 3. The van der Waals surface area contributed by atoms with Crippen LogP contribution in [0, 0.1) is 21.7 Å². The van der Waals surface area contributed by atoms with E-state index in [0.717, 1.165) is 24.3 Å². The summed E-state index contributed by atoms with van der Waals surface area (Å²) in [6.45, 7) is 0. The van der Waals surface area contributed by atoms with Crippen LogP contribution in [0.3, 0.4) is 0 Å². The van der Waals surface area contributed by atoms with E-state index in [-0.39, 0.29) is 16.4 Å². The van der Waals surface area contributed by atoms with Crippen LogP contribution < -0.4 is 5.32 Å². The van der Waals surface area contributed by atoms with Crippen molar-refractivity contribution in [3.63, 3.8) is 0 Å². The van der Waals surface area contributed by atoms with E-state index in [4.69, 9.17) is 11.6 Å². The van der Waals surface area contributed by atoms with Gasteiger partial charge >= 0.3 is 0 Å². The topological polar surface area (TPSA) is 55.2 Å². The summed E-state index contributed by atoms with van der Waals surface area (Å²) in [6.07, 6.45) is 0. The molecule has 19 heavy (non-hydrogen) atoms. The van der Waals surface area contributed by atoms with Gasteiger partial charge < -0.3 is 5.32 Å². The lowest BCUT2D eigenvalue weighted by Crippen LogP contribution is -1.96. The van der Waals surface area contributed by atoms with Crippen LogP contribution in [-0.4, -0.2) is 4.92 Å². The van der Waals surface area contributed by atoms with Crippen LogP contribution in [0.5, 0.6) is 0 Å². The minimum atomic E-state index is -0.792. The minimum Gasteiger partial charge on any atom is -0.353 e. The van der Waals surface area contributed by atoms with Gasteiger partial charge in [0.15, 0.2) is 0 Å². The van der Waals surface area contributed by atoms with Crippen molar-refractivity contribution in [1.29, 1.82) is 0 Å². The van der Waals surface area contributed by atoms with Crippen LogP contribution in [0.1, 0.15) is 0 Å². The number of nitrogens with one attached hydrogen (secondary N) is 1. The fourth-order valence-electron chi connectivity index (χ4n) is 1.50. The van der Waals surface area contributed by atoms with E-state index in [9.17, 15) is 18.9 Å². The summed E-state index contributed by atoms with van der Waals surface area (Å²) in [5.74, 6) is -1.39. The van der Waals surface area contributed by atoms with Gasteiger partial charge in [-0.15, -0.1) is 0 Å². The lowest BCUT2D eigenvalue weighted by atomic mass is 10.2. The van der Waals surface area contributed by atoms with Crippen molar-refractivity contribution in [3.8, 4) is 0 Å². The summed E-state index contributed by atoms with van der Waals surface area (Å²) >= 11 is 5.71. The first-order valence-electron chi connectivity index (χ1n) is 5.13. The van der Waals surface area contributed by atoms with Gasteiger partial charge in [-0.05, 0) is 24.3 Å². The molecule has 0 aromatic heterocycles. The zero-order chi connectivity index (χ0) is 14.0. The molecule has 0 radical (unpaired) electrons. The van der Waals surface area contributed by atoms with Crippen LogP contribution in [0.2, 0.25) is 5.02 Å². The van der Waals surface area contributed by atoms with Crippen molar-refractivity contribution < 1.29 is 13.7 Å². The molecular weight excluding hydrogens is 278 g/mol. The number of benzene rings is 2. The number of nitro groups is 1. The summed E-state index contributed by atoms with van der Waals surface area (Å²) < 4.78 is 26.7. The lowest BCUT2D eigenvalue weighted by molar-refractivity contribution is -0.385. The Labute approximate surface area is 111 Å². The van der Waals surface area contributed by atoms with Gasteiger partial charge in [0.25, 0.3) is 5.69 Å². The Bertz CT molecular complexity index is 650. The number of halogens is 3. The van der Waals surface area contributed by atoms with Crippen LogP contribution in [-0.2, 0) is 0 Å². The smallest absolute Gasteiger partial charge is 0.274 e. The molecule has 98 valence electrons. The Kier molecular flexibility index (Phi) is 3.62. The predicted molar refractivity (Wildman–Crippen MR) is 67.7 cm³/mol. The fourth-order valence-corrected chi connectivity index (χ4v) is 1.67. The summed E-state index contributed by atoms with van der Waals surface area (Å²) in [4.78, 5) is 9.86. The van der Waals surface area contributed by atoms with Gasteiger partial charge in [0.1, 0.15) is 11.6 Å². The maximum atomic E-state index is 13.5. The molecule has 0 aliphatic heterocycles. The van der Waals surface area contributed by atoms with Gasteiger partial charge in [0, 0.05) is 16.8 Å². The number of hydrogen-bond donors (Lipinski definition) is 1. The van der Waals surface area contributed by atoms with Gasteiger partial charge in [-0.3, -0.25) is 10.1 Å². The molecule has 0 amide bonds. The van der Waals surface area contributed by atoms with E-state index in [1.807, 2.05) is 0 Å². The maximum Gasteiger partial charge on any atom is 0.274 e. The molecule has 0 bridgehead atoms. The molecule has 0 unspecified atom stereocenters. The summed E-state index contributed by atoms with van der Waals surface area (Å²) in [5.41, 5.74) is -0.356. The van der Waals surface area contributed by atoms with Crippen LogP contribution >= 0.6 is 11.6 Å². The summed E-state index contributed by atoms with van der Waals surface area (Å²) in [7, 11) is 0. The van der Waals surface area contributed by atoms with Gasteiger partial charge in [-0.1, -0.05) is 11.6 Å². The lowest BCUT2D eigenvalue weighted by Gasteiger charge is -2.08. The zero-order valence-corrected chi connectivity index (χ0v) is 10.1. The van der Waals surface area contributed by atoms with Crippen molar-refractivity contribution in [3.05, 3.63) is 63.2 Å². The highest BCUT2D eigenvalue weighted by Crippen LogP contribution is 2.26. The average Bonchev–Trinajstić information content (AvgIpc) is 2.33. The number of non-ortho nitro benzene ring substituents is 1. The van der Waals surface area contributed by atoms with Crippen molar-refractivity contribution in [2.45, 2.75) is 0 Å². The summed E-state index contributed by atoms with van der Waals surface area (Å²) in [5, 5.41) is 13.4. The summed E-state index contributed by atoms with van der Waals surface area (Å²) in [6, 6.07) is 6.69. The molecule has 2 aromatic rings. The first-order chi connectivity index (χ1) is 8.95. The molecule has 0 spiro atoms. The standard InChI is InChI=1S/C12H7ClF2N2O2/c13-7-1-2-11(15)12(3-7)16-9-4-8(14)5-10(6-9)17(18)19/h1-6,16H. The Hall–Kier alpha value is -2.21. The zero-order valence-electron chi connectivity index (χ0n) is 9.36. The molecule has 0 saturated heterocycles. The van der Waals surface area contributed by atoms with Crippen LogP contribution in [0.15, 0.2) is 36.4 Å². The molecule has 0 saturated carbocycles. The Morgan fingerprint density at radius 1 is 1.16 bits per heavy atom. The highest BCUT2D eigenvalue weighted by Gasteiger charge is 2.11. The van der Waals surface area contributed by atoms with Crippen LogP contribution in [0.25, 0.3) is 0 Å². The molecule has 0 fully saturated rings. The molecule has 4 nitrogen and oxygen atoms in total. The fraction of sp³-hybridized carbons (Fsp3) is 0. The Balaban J connectivity index is 2.38. The minimum absolute atomic E-state index is 0.00685. The van der Waals surface area contributed by atoms with E-state index >= 15 is 0 Å². The molecule has 0 atom stereocenters. The molecule has 1 N–H and O–H groups in total. The normalized spacial score (nSPS) is 10.3. The Morgan fingerprint density at radius 3 is 2.58 bits per heavy atom. The number of nitro benzene ring substituents is 1. The highest BCUT2D eigenvalue weighted by atomic mass is 35.5. The van der Waals surface area contributed by atoms with Gasteiger partial charge in [-0.2, -0.15) is 0 Å². The molecular formula is C12H7ClF2N2O2. The number of nitrogens with zero attached hydrogens (tertiary/aromatic N) is 1. The average molecular weight is 285 g/mol. The van der Waals surface area contributed by atoms with E-state index in [2.05, 4.69) is 5.32 Å². The number of rotatable bonds is 3. The van der Waals surface area contributed by atoms with Crippen molar-refractivity contribution in [2.24, 2.45) is 0 Å². The third-order valence-corrected chi connectivity index (χ3v) is 2.54. The van der Waals surface area contributed by atoms with Crippen molar-refractivity contribution in [1.82, 2.24) is 0 Å². The maximum absolute atomic E-state index is 13.5. The first-order valence-corrected chi connectivity index (χ1v) is 5.50. The van der Waals surface area contributed by atoms with E-state index in [1.165, 1.54) is 12.1 Å². The molecule has 0 aliphatic rings. The SMILES string of the molecule is O=[N+]([O-])c1cc(F)cc(Nc2cc(Cl)ccc2F)c1. The monoisotopic (exact) mass is 284 g/mol. The number of anilines is 2. The van der Waals surface area contributed by atoms with Gasteiger partial charge in [0.05, 0.1) is 16.7 Å².